The minimum absolute atomic E-state index is 0.0860. The molecule has 0 aliphatic heterocycles. The number of ether oxygens (including phenoxy) is 1. The van der Waals surface area contributed by atoms with E-state index in [4.69, 9.17) is 15.6 Å². The van der Waals surface area contributed by atoms with Crippen LogP contribution in [0.2, 0.25) is 0 Å². The Hall–Kier alpha value is -2.41. The van der Waals surface area contributed by atoms with Crippen molar-refractivity contribution < 1.29 is 14.6 Å². The lowest BCUT2D eigenvalue weighted by Crippen LogP contribution is -2.14. The summed E-state index contributed by atoms with van der Waals surface area (Å²) in [4.78, 5) is 10.9. The molecule has 2 rings (SSSR count). The van der Waals surface area contributed by atoms with Gasteiger partial charge in [-0.3, -0.25) is 0 Å². The Bertz CT molecular complexity index is 624. The van der Waals surface area contributed by atoms with Crippen LogP contribution in [0.25, 0.3) is 0 Å². The largest absolute Gasteiger partial charge is 0.494 e. The van der Waals surface area contributed by atoms with Crippen LogP contribution < -0.4 is 10.5 Å². The Balaban J connectivity index is 1.88. The van der Waals surface area contributed by atoms with E-state index >= 15 is 0 Å². The Morgan fingerprint density at radius 3 is 2.95 bits per heavy atom. The fraction of sp³-hybridized carbons (Fsp3) is 0.357. The molecule has 0 saturated carbocycles. The first-order valence-corrected chi connectivity index (χ1v) is 6.67. The lowest BCUT2D eigenvalue weighted by atomic mass is 10.2. The van der Waals surface area contributed by atoms with Gasteiger partial charge in [0.15, 0.2) is 5.69 Å². The lowest BCUT2D eigenvalue weighted by Gasteiger charge is -2.08. The van der Waals surface area contributed by atoms with Gasteiger partial charge in [-0.15, -0.1) is 5.10 Å². The van der Waals surface area contributed by atoms with Crippen molar-refractivity contribution in [2.24, 2.45) is 5.73 Å². The van der Waals surface area contributed by atoms with Gasteiger partial charge in [-0.05, 0) is 24.6 Å². The Labute approximate surface area is 122 Å². The van der Waals surface area contributed by atoms with Gasteiger partial charge in [0.2, 0.25) is 0 Å². The van der Waals surface area contributed by atoms with Crippen LogP contribution in [0, 0.1) is 6.92 Å². The fourth-order valence-electron chi connectivity index (χ4n) is 1.99. The van der Waals surface area contributed by atoms with Crippen LogP contribution >= 0.6 is 0 Å². The summed E-state index contributed by atoms with van der Waals surface area (Å²) < 4.78 is 7.14. The molecular weight excluding hydrogens is 272 g/mol. The zero-order valence-corrected chi connectivity index (χ0v) is 11.8. The second-order valence-electron chi connectivity index (χ2n) is 4.64. The van der Waals surface area contributed by atoms with Gasteiger partial charge < -0.3 is 15.6 Å². The molecule has 0 saturated heterocycles. The molecule has 0 amide bonds. The minimum atomic E-state index is -1.11. The second kappa shape index (κ2) is 6.85. The standard InChI is InChI=1S/C14H18N4O3/c1-10-4-2-5-11(8-10)21-7-3-6-18-12(9-15)13(14(19)20)16-17-18/h2,4-5,8H,3,6-7,9,15H2,1H3,(H,19,20). The number of carboxylic acid groups (broad SMARTS) is 1. The van der Waals surface area contributed by atoms with E-state index in [1.807, 2.05) is 31.2 Å². The van der Waals surface area contributed by atoms with Gasteiger partial charge in [0.1, 0.15) is 5.75 Å². The highest BCUT2D eigenvalue weighted by atomic mass is 16.5. The number of rotatable bonds is 7. The lowest BCUT2D eigenvalue weighted by molar-refractivity contribution is 0.0689. The number of aromatic carboxylic acids is 1. The van der Waals surface area contributed by atoms with Crippen molar-refractivity contribution in [1.82, 2.24) is 15.0 Å². The van der Waals surface area contributed by atoms with E-state index in [-0.39, 0.29) is 12.2 Å². The van der Waals surface area contributed by atoms with Crippen molar-refractivity contribution in [3.05, 3.63) is 41.2 Å². The highest BCUT2D eigenvalue weighted by molar-refractivity contribution is 5.86. The maximum absolute atomic E-state index is 10.9. The van der Waals surface area contributed by atoms with Gasteiger partial charge in [0, 0.05) is 19.5 Å². The number of nitrogens with two attached hydrogens (primary N) is 1. The van der Waals surface area contributed by atoms with E-state index in [2.05, 4.69) is 10.3 Å². The van der Waals surface area contributed by atoms with E-state index in [0.717, 1.165) is 11.3 Å². The third-order valence-corrected chi connectivity index (χ3v) is 3.01. The van der Waals surface area contributed by atoms with Crippen LogP contribution in [0.3, 0.4) is 0 Å². The van der Waals surface area contributed by atoms with Gasteiger partial charge in [0.25, 0.3) is 0 Å². The van der Waals surface area contributed by atoms with Crippen molar-refractivity contribution in [2.75, 3.05) is 6.61 Å². The van der Waals surface area contributed by atoms with E-state index in [0.29, 0.717) is 25.3 Å². The van der Waals surface area contributed by atoms with Crippen LogP contribution in [-0.2, 0) is 13.1 Å². The number of aromatic nitrogens is 3. The molecule has 2 aromatic rings. The number of hydrogen-bond donors (Lipinski definition) is 2. The average molecular weight is 290 g/mol. The predicted octanol–water partition coefficient (Wildman–Crippen LogP) is 1.21. The van der Waals surface area contributed by atoms with E-state index in [1.54, 1.807) is 0 Å². The smallest absolute Gasteiger partial charge is 0.358 e. The summed E-state index contributed by atoms with van der Waals surface area (Å²) in [5.41, 5.74) is 7.03. The summed E-state index contributed by atoms with van der Waals surface area (Å²) in [6, 6.07) is 7.80. The molecule has 1 aromatic carbocycles. The van der Waals surface area contributed by atoms with Crippen molar-refractivity contribution in [2.45, 2.75) is 26.4 Å². The van der Waals surface area contributed by atoms with Gasteiger partial charge in [-0.25, -0.2) is 9.48 Å². The van der Waals surface area contributed by atoms with Crippen molar-refractivity contribution in [3.63, 3.8) is 0 Å². The molecule has 7 nitrogen and oxygen atoms in total. The molecule has 1 aromatic heterocycles. The summed E-state index contributed by atoms with van der Waals surface area (Å²) in [5, 5.41) is 16.4. The summed E-state index contributed by atoms with van der Waals surface area (Å²) in [5.74, 6) is -0.295. The molecule has 112 valence electrons. The van der Waals surface area contributed by atoms with Crippen LogP contribution in [0.5, 0.6) is 5.75 Å². The normalized spacial score (nSPS) is 10.6. The molecule has 1 heterocycles. The maximum Gasteiger partial charge on any atom is 0.358 e. The van der Waals surface area contributed by atoms with Crippen molar-refractivity contribution in [1.29, 1.82) is 0 Å². The molecule has 0 aliphatic carbocycles. The molecule has 0 unspecified atom stereocenters. The number of aryl methyl sites for hydroxylation is 2. The van der Waals surface area contributed by atoms with E-state index in [1.165, 1.54) is 4.68 Å². The highest BCUT2D eigenvalue weighted by Gasteiger charge is 2.17. The quantitative estimate of drug-likeness (QED) is 0.743. The van der Waals surface area contributed by atoms with Crippen molar-refractivity contribution >= 4 is 5.97 Å². The minimum Gasteiger partial charge on any atom is -0.494 e. The summed E-state index contributed by atoms with van der Waals surface area (Å²) in [6.07, 6.45) is 0.684. The monoisotopic (exact) mass is 290 g/mol. The van der Waals surface area contributed by atoms with Crippen LogP contribution in [0.4, 0.5) is 0 Å². The highest BCUT2D eigenvalue weighted by Crippen LogP contribution is 2.13. The molecule has 7 heteroatoms. The third-order valence-electron chi connectivity index (χ3n) is 3.01. The predicted molar refractivity (Wildman–Crippen MR) is 76.2 cm³/mol. The zero-order chi connectivity index (χ0) is 15.2. The molecule has 0 bridgehead atoms. The number of carboxylic acids is 1. The molecule has 0 radical (unpaired) electrons. The van der Waals surface area contributed by atoms with E-state index in [9.17, 15) is 4.79 Å². The van der Waals surface area contributed by atoms with Gasteiger partial charge in [-0.1, -0.05) is 17.3 Å². The SMILES string of the molecule is Cc1cccc(OCCCn2nnc(C(=O)O)c2CN)c1. The first-order valence-electron chi connectivity index (χ1n) is 6.67. The first kappa shape index (κ1) is 15.0. The number of carbonyl (C=O) groups is 1. The van der Waals surface area contributed by atoms with Crippen LogP contribution in [0.15, 0.2) is 24.3 Å². The molecule has 3 N–H and O–H groups in total. The molecule has 0 spiro atoms. The fourth-order valence-corrected chi connectivity index (χ4v) is 1.99. The summed E-state index contributed by atoms with van der Waals surface area (Å²) in [7, 11) is 0. The molecule has 0 atom stereocenters. The topological polar surface area (TPSA) is 103 Å². The zero-order valence-electron chi connectivity index (χ0n) is 11.8. The van der Waals surface area contributed by atoms with Gasteiger partial charge in [-0.2, -0.15) is 0 Å². The Morgan fingerprint density at radius 1 is 1.48 bits per heavy atom. The molecule has 0 aliphatic rings. The summed E-state index contributed by atoms with van der Waals surface area (Å²) in [6.45, 7) is 3.12. The average Bonchev–Trinajstić information content (AvgIpc) is 2.86. The molecule has 0 fully saturated rings. The molecule has 21 heavy (non-hydrogen) atoms. The van der Waals surface area contributed by atoms with E-state index < -0.39 is 5.97 Å². The second-order valence-corrected chi connectivity index (χ2v) is 4.64. The maximum atomic E-state index is 10.9. The number of hydrogen-bond acceptors (Lipinski definition) is 5. The number of nitrogens with zero attached hydrogens (tertiary/aromatic N) is 3. The summed E-state index contributed by atoms with van der Waals surface area (Å²) >= 11 is 0. The Kier molecular flexibility index (Phi) is 4.89. The van der Waals surface area contributed by atoms with Gasteiger partial charge >= 0.3 is 5.97 Å². The number of benzene rings is 1. The molecular formula is C14H18N4O3. The first-order chi connectivity index (χ1) is 10.1. The Morgan fingerprint density at radius 2 is 2.29 bits per heavy atom. The van der Waals surface area contributed by atoms with Crippen molar-refractivity contribution in [3.8, 4) is 5.75 Å². The van der Waals surface area contributed by atoms with Crippen LogP contribution in [0.1, 0.15) is 28.2 Å². The van der Waals surface area contributed by atoms with Crippen LogP contribution in [-0.4, -0.2) is 32.7 Å². The third kappa shape index (κ3) is 3.79. The van der Waals surface area contributed by atoms with Gasteiger partial charge in [0.05, 0.1) is 12.3 Å².